The lowest BCUT2D eigenvalue weighted by molar-refractivity contribution is 0.149. The molecule has 0 spiro atoms. The fourth-order valence-corrected chi connectivity index (χ4v) is 3.00. The van der Waals surface area contributed by atoms with Crippen LogP contribution >= 0.6 is 0 Å². The Balaban J connectivity index is 2.00. The zero-order chi connectivity index (χ0) is 19.8. The minimum absolute atomic E-state index is 0.211. The molecule has 0 heterocycles. The third-order valence-corrected chi connectivity index (χ3v) is 4.35. The second-order valence-corrected chi connectivity index (χ2v) is 6.18. The molecule has 0 aliphatic rings. The van der Waals surface area contributed by atoms with Gasteiger partial charge in [-0.2, -0.15) is 0 Å². The lowest BCUT2D eigenvalue weighted by atomic mass is 10.1. The summed E-state index contributed by atoms with van der Waals surface area (Å²) in [6.07, 6.45) is 6.78. The molecule has 0 unspecified atom stereocenters. The third-order valence-electron chi connectivity index (χ3n) is 4.35. The monoisotopic (exact) mass is 369 g/mol. The molecular weight excluding hydrogens is 346 g/mol. The summed E-state index contributed by atoms with van der Waals surface area (Å²) in [6, 6.07) is 23.5. The smallest absolute Gasteiger partial charge is 0.419 e. The van der Waals surface area contributed by atoms with Crippen molar-refractivity contribution in [1.29, 1.82) is 0 Å². The van der Waals surface area contributed by atoms with Crippen molar-refractivity contribution in [2.75, 3.05) is 4.90 Å². The summed E-state index contributed by atoms with van der Waals surface area (Å²) in [4.78, 5) is 14.7. The van der Waals surface area contributed by atoms with Crippen LogP contribution in [0, 0.1) is 0 Å². The van der Waals surface area contributed by atoms with Gasteiger partial charge in [0.1, 0.15) is 6.61 Å². The molecule has 0 atom stereocenters. The number of hydrogen-bond donors (Lipinski definition) is 0. The highest BCUT2D eigenvalue weighted by atomic mass is 16.6. The topological polar surface area (TPSA) is 29.5 Å². The molecule has 140 valence electrons. The van der Waals surface area contributed by atoms with Gasteiger partial charge in [0.05, 0.1) is 5.69 Å². The van der Waals surface area contributed by atoms with Crippen molar-refractivity contribution in [3.8, 4) is 0 Å². The van der Waals surface area contributed by atoms with Crippen LogP contribution in [-0.4, -0.2) is 6.09 Å². The molecular formula is C25H23NO2. The van der Waals surface area contributed by atoms with Crippen molar-refractivity contribution in [3.63, 3.8) is 0 Å². The Morgan fingerprint density at radius 2 is 1.71 bits per heavy atom. The standard InChI is InChI=1S/C25H23NO2/c1-3-5-16-22(4-2)26(25(27)28-19-20-12-7-6-8-13-20)24-18-11-15-21-14-9-10-17-23(21)24/h3-18H,1,19H2,2H3/b16-5-,22-4+. The van der Waals surface area contributed by atoms with E-state index in [0.29, 0.717) is 5.70 Å². The van der Waals surface area contributed by atoms with Gasteiger partial charge in [-0.05, 0) is 30.0 Å². The fraction of sp³-hybridized carbons (Fsp3) is 0.0800. The van der Waals surface area contributed by atoms with Crippen molar-refractivity contribution in [2.45, 2.75) is 13.5 Å². The van der Waals surface area contributed by atoms with Crippen molar-refractivity contribution >= 4 is 22.6 Å². The van der Waals surface area contributed by atoms with Gasteiger partial charge in [0.25, 0.3) is 0 Å². The summed E-state index contributed by atoms with van der Waals surface area (Å²) in [5.41, 5.74) is 2.43. The van der Waals surface area contributed by atoms with E-state index in [4.69, 9.17) is 4.74 Å². The van der Waals surface area contributed by atoms with E-state index >= 15 is 0 Å². The van der Waals surface area contributed by atoms with Gasteiger partial charge in [0.15, 0.2) is 0 Å². The van der Waals surface area contributed by atoms with Crippen LogP contribution in [0.3, 0.4) is 0 Å². The van der Waals surface area contributed by atoms with Gasteiger partial charge in [-0.15, -0.1) is 0 Å². The van der Waals surface area contributed by atoms with Crippen molar-refractivity contribution in [3.05, 3.63) is 115 Å². The van der Waals surface area contributed by atoms with Crippen LogP contribution in [0.2, 0.25) is 0 Å². The number of nitrogens with zero attached hydrogens (tertiary/aromatic N) is 1. The average Bonchev–Trinajstić information content (AvgIpc) is 2.75. The molecule has 0 bridgehead atoms. The highest BCUT2D eigenvalue weighted by molar-refractivity contribution is 6.03. The first kappa shape index (κ1) is 19.2. The number of rotatable bonds is 6. The maximum Gasteiger partial charge on any atom is 0.419 e. The summed E-state index contributed by atoms with van der Waals surface area (Å²) in [5, 5.41) is 2.04. The van der Waals surface area contributed by atoms with Crippen molar-refractivity contribution in [1.82, 2.24) is 0 Å². The van der Waals surface area contributed by atoms with Gasteiger partial charge in [0, 0.05) is 11.1 Å². The van der Waals surface area contributed by atoms with Crippen LogP contribution in [0.15, 0.2) is 109 Å². The third kappa shape index (κ3) is 4.38. The fourth-order valence-electron chi connectivity index (χ4n) is 3.00. The molecule has 0 fully saturated rings. The zero-order valence-corrected chi connectivity index (χ0v) is 15.9. The van der Waals surface area contributed by atoms with E-state index in [1.807, 2.05) is 91.9 Å². The van der Waals surface area contributed by atoms with Gasteiger partial charge >= 0.3 is 6.09 Å². The highest BCUT2D eigenvalue weighted by Gasteiger charge is 2.22. The molecule has 0 saturated heterocycles. The number of carbonyl (C=O) groups is 1. The van der Waals surface area contributed by atoms with Gasteiger partial charge < -0.3 is 4.74 Å². The first-order chi connectivity index (χ1) is 13.7. The molecule has 3 heteroatoms. The molecule has 3 aromatic carbocycles. The Morgan fingerprint density at radius 3 is 2.46 bits per heavy atom. The average molecular weight is 369 g/mol. The molecule has 0 N–H and O–H groups in total. The van der Waals surface area contributed by atoms with E-state index in [0.717, 1.165) is 22.0 Å². The molecule has 3 rings (SSSR count). The highest BCUT2D eigenvalue weighted by Crippen LogP contribution is 2.30. The van der Waals surface area contributed by atoms with E-state index in [9.17, 15) is 4.79 Å². The summed E-state index contributed by atoms with van der Waals surface area (Å²) < 4.78 is 5.64. The molecule has 1 amide bonds. The maximum absolute atomic E-state index is 13.1. The number of hydrogen-bond acceptors (Lipinski definition) is 2. The Bertz CT molecular complexity index is 1010. The number of carbonyl (C=O) groups excluding carboxylic acids is 1. The van der Waals surface area contributed by atoms with E-state index in [1.54, 1.807) is 17.1 Å². The van der Waals surface area contributed by atoms with Crippen molar-refractivity contribution in [2.24, 2.45) is 0 Å². The van der Waals surface area contributed by atoms with Crippen LogP contribution in [0.25, 0.3) is 10.8 Å². The SMILES string of the molecule is C=C/C=C\C(=C/C)N(C(=O)OCc1ccccc1)c1cccc2ccccc12. The first-order valence-electron chi connectivity index (χ1n) is 9.18. The van der Waals surface area contributed by atoms with Crippen LogP contribution in [0.1, 0.15) is 12.5 Å². The Kier molecular flexibility index (Phi) is 6.42. The Morgan fingerprint density at radius 1 is 1.00 bits per heavy atom. The molecule has 0 aliphatic carbocycles. The number of benzene rings is 3. The van der Waals surface area contributed by atoms with Gasteiger partial charge in [0.2, 0.25) is 0 Å². The second kappa shape index (κ2) is 9.38. The summed E-state index contributed by atoms with van der Waals surface area (Å²) in [7, 11) is 0. The molecule has 3 aromatic rings. The lowest BCUT2D eigenvalue weighted by Gasteiger charge is -2.24. The number of anilines is 1. The Hall–Kier alpha value is -3.59. The van der Waals surface area contributed by atoms with Crippen LogP contribution in [-0.2, 0) is 11.3 Å². The molecule has 0 aromatic heterocycles. The van der Waals surface area contributed by atoms with E-state index in [2.05, 4.69) is 6.58 Å². The maximum atomic E-state index is 13.1. The largest absolute Gasteiger partial charge is 0.444 e. The quantitative estimate of drug-likeness (QED) is 0.456. The van der Waals surface area contributed by atoms with Gasteiger partial charge in [-0.25, -0.2) is 9.69 Å². The van der Waals surface area contributed by atoms with Gasteiger partial charge in [-0.1, -0.05) is 91.5 Å². The summed E-state index contributed by atoms with van der Waals surface area (Å²) in [5.74, 6) is 0. The minimum atomic E-state index is -0.429. The lowest BCUT2D eigenvalue weighted by Crippen LogP contribution is -2.30. The van der Waals surface area contributed by atoms with E-state index in [1.165, 1.54) is 0 Å². The predicted molar refractivity (Wildman–Crippen MR) is 116 cm³/mol. The van der Waals surface area contributed by atoms with E-state index < -0.39 is 6.09 Å². The van der Waals surface area contributed by atoms with E-state index in [-0.39, 0.29) is 6.61 Å². The Labute approximate surface area is 165 Å². The number of fused-ring (bicyclic) bond motifs is 1. The molecule has 3 nitrogen and oxygen atoms in total. The minimum Gasteiger partial charge on any atom is -0.444 e. The van der Waals surface area contributed by atoms with Crippen LogP contribution in [0.5, 0.6) is 0 Å². The number of allylic oxidation sites excluding steroid dienone is 4. The predicted octanol–water partition coefficient (Wildman–Crippen LogP) is 6.63. The summed E-state index contributed by atoms with van der Waals surface area (Å²) in [6.45, 7) is 5.83. The molecule has 0 radical (unpaired) electrons. The normalized spacial score (nSPS) is 11.5. The van der Waals surface area contributed by atoms with Crippen molar-refractivity contribution < 1.29 is 9.53 Å². The number of amides is 1. The first-order valence-corrected chi connectivity index (χ1v) is 9.18. The zero-order valence-electron chi connectivity index (χ0n) is 15.9. The van der Waals surface area contributed by atoms with Gasteiger partial charge in [-0.3, -0.25) is 0 Å². The van der Waals surface area contributed by atoms with Crippen LogP contribution in [0.4, 0.5) is 10.5 Å². The molecule has 28 heavy (non-hydrogen) atoms. The summed E-state index contributed by atoms with van der Waals surface area (Å²) >= 11 is 0. The number of ether oxygens (including phenoxy) is 1. The molecule has 0 aliphatic heterocycles. The second-order valence-electron chi connectivity index (χ2n) is 6.18. The van der Waals surface area contributed by atoms with Crippen LogP contribution < -0.4 is 4.90 Å². The molecule has 0 saturated carbocycles.